The third-order valence-electron chi connectivity index (χ3n) is 4.29. The van der Waals surface area contributed by atoms with E-state index in [0.29, 0.717) is 54.8 Å². The summed E-state index contributed by atoms with van der Waals surface area (Å²) in [4.78, 5) is 21.1. The monoisotopic (exact) mass is 400 g/mol. The molecule has 0 radical (unpaired) electrons. The predicted octanol–water partition coefficient (Wildman–Crippen LogP) is 1.33. The van der Waals surface area contributed by atoms with Crippen LogP contribution in [0.2, 0.25) is 0 Å². The number of amides is 1. The van der Waals surface area contributed by atoms with E-state index in [0.717, 1.165) is 5.39 Å². The second kappa shape index (κ2) is 9.69. The van der Waals surface area contributed by atoms with Crippen LogP contribution in [0.15, 0.2) is 30.7 Å². The van der Waals surface area contributed by atoms with Crippen molar-refractivity contribution in [1.29, 1.82) is 0 Å². The number of fused-ring (bicyclic) bond motifs is 1. The van der Waals surface area contributed by atoms with Crippen LogP contribution in [0, 0.1) is 0 Å². The zero-order valence-corrected chi connectivity index (χ0v) is 16.6. The van der Waals surface area contributed by atoms with Crippen molar-refractivity contribution in [2.24, 2.45) is 0 Å². The first-order valence-electron chi connectivity index (χ1n) is 9.07. The Morgan fingerprint density at radius 2 is 2.00 bits per heavy atom. The molecule has 0 aliphatic heterocycles. The SMILES string of the molecule is COCCNc1ncnc2c1cnn2CCNC(=O)c1ccc(OC)cc1OC. The van der Waals surface area contributed by atoms with Crippen molar-refractivity contribution in [2.75, 3.05) is 46.3 Å². The van der Waals surface area contributed by atoms with Gasteiger partial charge in [-0.25, -0.2) is 14.6 Å². The summed E-state index contributed by atoms with van der Waals surface area (Å²) in [7, 11) is 4.72. The van der Waals surface area contributed by atoms with Crippen molar-refractivity contribution >= 4 is 22.8 Å². The highest BCUT2D eigenvalue weighted by Crippen LogP contribution is 2.24. The number of anilines is 1. The molecular formula is C19H24N6O4. The van der Waals surface area contributed by atoms with E-state index in [1.165, 1.54) is 13.4 Å². The van der Waals surface area contributed by atoms with E-state index in [9.17, 15) is 4.79 Å². The summed E-state index contributed by atoms with van der Waals surface area (Å²) in [5, 5.41) is 11.2. The van der Waals surface area contributed by atoms with Gasteiger partial charge in [-0.05, 0) is 12.1 Å². The van der Waals surface area contributed by atoms with Crippen molar-refractivity contribution in [3.63, 3.8) is 0 Å². The summed E-state index contributed by atoms with van der Waals surface area (Å²) in [6, 6.07) is 5.06. The van der Waals surface area contributed by atoms with Gasteiger partial charge in [0.2, 0.25) is 0 Å². The lowest BCUT2D eigenvalue weighted by Crippen LogP contribution is -2.28. The lowest BCUT2D eigenvalue weighted by Gasteiger charge is -2.11. The molecule has 0 aliphatic carbocycles. The molecule has 0 fully saturated rings. The van der Waals surface area contributed by atoms with Gasteiger partial charge in [-0.2, -0.15) is 5.10 Å². The standard InChI is InChI=1S/C19H24N6O4/c1-27-9-7-20-17-15-11-24-25(18(15)23-12-22-17)8-6-21-19(26)14-5-4-13(28-2)10-16(14)29-3/h4-5,10-12H,6-9H2,1-3H3,(H,21,26)(H,20,22,23). The highest BCUT2D eigenvalue weighted by molar-refractivity contribution is 5.97. The second-order valence-corrected chi connectivity index (χ2v) is 6.07. The molecule has 0 atom stereocenters. The fourth-order valence-corrected chi connectivity index (χ4v) is 2.83. The number of hydrogen-bond acceptors (Lipinski definition) is 8. The van der Waals surface area contributed by atoms with Crippen molar-refractivity contribution in [3.05, 3.63) is 36.3 Å². The van der Waals surface area contributed by atoms with Gasteiger partial charge >= 0.3 is 0 Å². The van der Waals surface area contributed by atoms with Gasteiger partial charge in [-0.3, -0.25) is 4.79 Å². The number of nitrogens with one attached hydrogen (secondary N) is 2. The number of benzene rings is 1. The summed E-state index contributed by atoms with van der Waals surface area (Å²) in [6.07, 6.45) is 3.19. The number of hydrogen-bond donors (Lipinski definition) is 2. The van der Waals surface area contributed by atoms with Crippen LogP contribution in [0.1, 0.15) is 10.4 Å². The molecule has 1 amide bonds. The minimum atomic E-state index is -0.238. The molecule has 10 heteroatoms. The molecule has 3 aromatic rings. The molecule has 0 bridgehead atoms. The third-order valence-corrected chi connectivity index (χ3v) is 4.29. The first kappa shape index (κ1) is 20.3. The average Bonchev–Trinajstić information content (AvgIpc) is 3.17. The van der Waals surface area contributed by atoms with E-state index >= 15 is 0 Å². The maximum atomic E-state index is 12.5. The quantitative estimate of drug-likeness (QED) is 0.490. The van der Waals surface area contributed by atoms with Crippen LogP contribution >= 0.6 is 0 Å². The van der Waals surface area contributed by atoms with Gasteiger partial charge in [0.05, 0.1) is 44.5 Å². The Balaban J connectivity index is 1.64. The van der Waals surface area contributed by atoms with Crippen LogP contribution in [0.25, 0.3) is 11.0 Å². The van der Waals surface area contributed by atoms with Gasteiger partial charge < -0.3 is 24.8 Å². The van der Waals surface area contributed by atoms with Crippen LogP contribution in [0.5, 0.6) is 11.5 Å². The van der Waals surface area contributed by atoms with Crippen LogP contribution in [0.3, 0.4) is 0 Å². The van der Waals surface area contributed by atoms with Crippen LogP contribution in [-0.2, 0) is 11.3 Å². The topological polar surface area (TPSA) is 112 Å². The molecule has 2 heterocycles. The van der Waals surface area contributed by atoms with E-state index in [1.54, 1.807) is 43.3 Å². The number of carbonyl (C=O) groups excluding carboxylic acids is 1. The highest BCUT2D eigenvalue weighted by Gasteiger charge is 2.14. The second-order valence-electron chi connectivity index (χ2n) is 6.07. The highest BCUT2D eigenvalue weighted by atomic mass is 16.5. The Hall–Kier alpha value is -3.40. The Kier molecular flexibility index (Phi) is 6.80. The van der Waals surface area contributed by atoms with Crippen LogP contribution < -0.4 is 20.1 Å². The van der Waals surface area contributed by atoms with Crippen molar-refractivity contribution in [2.45, 2.75) is 6.54 Å². The molecule has 2 aromatic heterocycles. The minimum absolute atomic E-state index is 0.238. The Morgan fingerprint density at radius 1 is 1.14 bits per heavy atom. The van der Waals surface area contributed by atoms with Gasteiger partial charge in [0.15, 0.2) is 5.65 Å². The molecule has 3 rings (SSSR count). The normalized spacial score (nSPS) is 10.7. The van der Waals surface area contributed by atoms with Gasteiger partial charge in [0, 0.05) is 26.3 Å². The predicted molar refractivity (Wildman–Crippen MR) is 108 cm³/mol. The van der Waals surface area contributed by atoms with E-state index < -0.39 is 0 Å². The van der Waals surface area contributed by atoms with E-state index in [-0.39, 0.29) is 5.91 Å². The fraction of sp³-hybridized carbons (Fsp3) is 0.368. The van der Waals surface area contributed by atoms with Crippen molar-refractivity contribution in [3.8, 4) is 11.5 Å². The molecule has 1 aromatic carbocycles. The molecule has 0 saturated heterocycles. The fourth-order valence-electron chi connectivity index (χ4n) is 2.83. The molecule has 0 aliphatic rings. The summed E-state index contributed by atoms with van der Waals surface area (Å²) < 4.78 is 17.2. The first-order chi connectivity index (χ1) is 14.2. The van der Waals surface area contributed by atoms with E-state index in [1.807, 2.05) is 0 Å². The Labute approximate surface area is 168 Å². The molecule has 10 nitrogen and oxygen atoms in total. The Morgan fingerprint density at radius 3 is 2.76 bits per heavy atom. The zero-order chi connectivity index (χ0) is 20.6. The molecular weight excluding hydrogens is 376 g/mol. The maximum Gasteiger partial charge on any atom is 0.255 e. The molecule has 29 heavy (non-hydrogen) atoms. The van der Waals surface area contributed by atoms with Gasteiger partial charge in [-0.15, -0.1) is 0 Å². The maximum absolute atomic E-state index is 12.5. The smallest absolute Gasteiger partial charge is 0.255 e. The number of nitrogens with zero attached hydrogens (tertiary/aromatic N) is 4. The van der Waals surface area contributed by atoms with Crippen LogP contribution in [-0.4, -0.2) is 66.7 Å². The lowest BCUT2D eigenvalue weighted by atomic mass is 10.1. The van der Waals surface area contributed by atoms with Crippen molar-refractivity contribution < 1.29 is 19.0 Å². The Bertz CT molecular complexity index is 974. The molecule has 0 saturated carbocycles. The number of ether oxygens (including phenoxy) is 3. The summed E-state index contributed by atoms with van der Waals surface area (Å²) in [6.45, 7) is 2.04. The number of methoxy groups -OCH3 is 3. The molecule has 2 N–H and O–H groups in total. The minimum Gasteiger partial charge on any atom is -0.497 e. The number of carbonyl (C=O) groups is 1. The summed E-state index contributed by atoms with van der Waals surface area (Å²) >= 11 is 0. The van der Waals surface area contributed by atoms with Crippen molar-refractivity contribution in [1.82, 2.24) is 25.1 Å². The molecule has 0 unspecified atom stereocenters. The first-order valence-corrected chi connectivity index (χ1v) is 9.07. The summed E-state index contributed by atoms with van der Waals surface area (Å²) in [5.41, 5.74) is 1.13. The van der Waals surface area contributed by atoms with Crippen LogP contribution in [0.4, 0.5) is 5.82 Å². The largest absolute Gasteiger partial charge is 0.497 e. The number of aromatic nitrogens is 4. The lowest BCUT2D eigenvalue weighted by molar-refractivity contribution is 0.0949. The number of rotatable bonds is 10. The van der Waals surface area contributed by atoms with E-state index in [4.69, 9.17) is 14.2 Å². The average molecular weight is 400 g/mol. The van der Waals surface area contributed by atoms with E-state index in [2.05, 4.69) is 25.7 Å². The molecule has 0 spiro atoms. The van der Waals surface area contributed by atoms with Gasteiger partial charge in [-0.1, -0.05) is 0 Å². The van der Waals surface area contributed by atoms with Gasteiger partial charge in [0.1, 0.15) is 23.6 Å². The molecule has 154 valence electrons. The third kappa shape index (κ3) is 4.72. The zero-order valence-electron chi connectivity index (χ0n) is 16.6. The summed E-state index contributed by atoms with van der Waals surface area (Å²) in [5.74, 6) is 1.53. The van der Waals surface area contributed by atoms with Gasteiger partial charge in [0.25, 0.3) is 5.91 Å².